The third kappa shape index (κ3) is 4.20. The van der Waals surface area contributed by atoms with Gasteiger partial charge in [0, 0.05) is 24.0 Å². The average molecular weight is 492 g/mol. The summed E-state index contributed by atoms with van der Waals surface area (Å²) in [6, 6.07) is 8.97. The van der Waals surface area contributed by atoms with Crippen LogP contribution in [0.4, 0.5) is 11.6 Å². The number of carbonyl (C=O) groups is 1. The first-order valence-electron chi connectivity index (χ1n) is 11.1. The molecule has 0 saturated carbocycles. The minimum Gasteiger partial charge on any atom is -0.476 e. The van der Waals surface area contributed by atoms with E-state index in [1.807, 2.05) is 30.4 Å². The van der Waals surface area contributed by atoms with Crippen LogP contribution in [0, 0.1) is 18.3 Å². The molecule has 1 saturated heterocycles. The molecule has 4 aromatic rings. The van der Waals surface area contributed by atoms with Gasteiger partial charge in [0.1, 0.15) is 11.2 Å². The lowest BCUT2D eigenvalue weighted by molar-refractivity contribution is 0.0691. The summed E-state index contributed by atoms with van der Waals surface area (Å²) >= 11 is 5.92. The Morgan fingerprint density at radius 1 is 1.26 bits per heavy atom. The van der Waals surface area contributed by atoms with Crippen molar-refractivity contribution >= 4 is 45.8 Å². The number of aryl methyl sites for hydroxylation is 1. The summed E-state index contributed by atoms with van der Waals surface area (Å²) in [4.78, 5) is 27.4. The molecule has 11 heteroatoms. The van der Waals surface area contributed by atoms with Gasteiger partial charge in [0.15, 0.2) is 17.0 Å². The number of imidazole rings is 1. The molecule has 0 bridgehead atoms. The maximum absolute atomic E-state index is 11.7. The molecule has 3 aromatic heterocycles. The highest BCUT2D eigenvalue weighted by molar-refractivity contribution is 6.29. The van der Waals surface area contributed by atoms with Crippen LogP contribution >= 0.6 is 11.6 Å². The number of nitriles is 1. The predicted octanol–water partition coefficient (Wildman–Crippen LogP) is 3.82. The fraction of sp³-hybridized carbons (Fsp3) is 0.292. The first-order chi connectivity index (χ1) is 16.9. The second kappa shape index (κ2) is 9.02. The van der Waals surface area contributed by atoms with Crippen LogP contribution in [0.5, 0.6) is 0 Å². The fourth-order valence-corrected chi connectivity index (χ4v) is 4.52. The van der Waals surface area contributed by atoms with Crippen molar-refractivity contribution in [2.24, 2.45) is 0 Å². The average Bonchev–Trinajstić information content (AvgIpc) is 3.29. The number of nitrogens with zero attached hydrogens (tertiary/aromatic N) is 6. The van der Waals surface area contributed by atoms with Crippen LogP contribution in [-0.2, 0) is 4.74 Å². The van der Waals surface area contributed by atoms with Gasteiger partial charge >= 0.3 is 5.97 Å². The van der Waals surface area contributed by atoms with Gasteiger partial charge < -0.3 is 20.1 Å². The number of benzene rings is 1. The van der Waals surface area contributed by atoms with Gasteiger partial charge in [-0.25, -0.2) is 19.7 Å². The molecule has 1 aromatic carbocycles. The zero-order valence-corrected chi connectivity index (χ0v) is 19.9. The summed E-state index contributed by atoms with van der Waals surface area (Å²) < 4.78 is 7.37. The molecule has 0 unspecified atom stereocenters. The number of carboxylic acid groups (broad SMARTS) is 1. The van der Waals surface area contributed by atoms with E-state index >= 15 is 0 Å². The molecular weight excluding hydrogens is 470 g/mol. The lowest BCUT2D eigenvalue weighted by Gasteiger charge is -2.29. The Kier molecular flexibility index (Phi) is 5.88. The molecule has 35 heavy (non-hydrogen) atoms. The zero-order chi connectivity index (χ0) is 24.7. The van der Waals surface area contributed by atoms with Crippen LogP contribution < -0.4 is 10.2 Å². The number of nitrogens with one attached hydrogen (secondary N) is 1. The van der Waals surface area contributed by atoms with Crippen LogP contribution in [0.15, 0.2) is 30.5 Å². The van der Waals surface area contributed by atoms with E-state index in [1.54, 1.807) is 18.3 Å². The molecule has 1 aliphatic heterocycles. The molecule has 4 heterocycles. The summed E-state index contributed by atoms with van der Waals surface area (Å²) in [6.07, 6.45) is 1.70. The number of carboxylic acids is 1. The maximum atomic E-state index is 11.7. The third-order valence-electron chi connectivity index (χ3n) is 5.97. The van der Waals surface area contributed by atoms with E-state index in [9.17, 15) is 15.2 Å². The van der Waals surface area contributed by atoms with Crippen molar-refractivity contribution in [3.05, 3.63) is 58.1 Å². The number of halogens is 1. The van der Waals surface area contributed by atoms with Gasteiger partial charge in [0.25, 0.3) is 0 Å². The number of aromatic nitrogens is 4. The lowest BCUT2D eigenvalue weighted by Crippen LogP contribution is -2.38. The number of pyridine rings is 1. The molecular formula is C24H22ClN7O3. The van der Waals surface area contributed by atoms with Gasteiger partial charge in [-0.05, 0) is 37.6 Å². The molecule has 2 N–H and O–H groups in total. The molecule has 0 amide bonds. The van der Waals surface area contributed by atoms with Gasteiger partial charge in [0.2, 0.25) is 5.95 Å². The second-order valence-corrected chi connectivity index (χ2v) is 8.78. The van der Waals surface area contributed by atoms with E-state index in [0.717, 1.165) is 22.0 Å². The largest absolute Gasteiger partial charge is 0.476 e. The number of fused-ring (bicyclic) bond motifs is 3. The highest BCUT2D eigenvalue weighted by Gasteiger charge is 2.23. The highest BCUT2D eigenvalue weighted by Crippen LogP contribution is 2.33. The molecule has 0 radical (unpaired) electrons. The summed E-state index contributed by atoms with van der Waals surface area (Å²) in [5.41, 5.74) is 3.72. The number of hydrogen-bond acceptors (Lipinski definition) is 8. The van der Waals surface area contributed by atoms with E-state index in [0.29, 0.717) is 49.3 Å². The molecule has 10 nitrogen and oxygen atoms in total. The number of morpholine rings is 1. The normalized spacial score (nSPS) is 14.7. The number of anilines is 2. The second-order valence-electron chi connectivity index (χ2n) is 8.39. The van der Waals surface area contributed by atoms with Crippen molar-refractivity contribution in [2.75, 3.05) is 36.5 Å². The number of hydrogen-bond donors (Lipinski definition) is 2. The zero-order valence-electron chi connectivity index (χ0n) is 19.1. The quantitative estimate of drug-likeness (QED) is 0.400. The van der Waals surface area contributed by atoms with E-state index in [1.165, 1.54) is 0 Å². The minimum absolute atomic E-state index is 0.105. The van der Waals surface area contributed by atoms with Crippen molar-refractivity contribution in [3.63, 3.8) is 0 Å². The van der Waals surface area contributed by atoms with Crippen molar-refractivity contribution < 1.29 is 14.6 Å². The van der Waals surface area contributed by atoms with Gasteiger partial charge in [0.05, 0.1) is 36.7 Å². The lowest BCUT2D eigenvalue weighted by atomic mass is 10.0. The Morgan fingerprint density at radius 2 is 2.03 bits per heavy atom. The molecule has 1 atom stereocenters. The van der Waals surface area contributed by atoms with Crippen LogP contribution in [0.1, 0.15) is 40.3 Å². The third-order valence-corrected chi connectivity index (χ3v) is 6.18. The van der Waals surface area contributed by atoms with Crippen molar-refractivity contribution in [3.8, 4) is 6.07 Å². The Labute approximate surface area is 205 Å². The first kappa shape index (κ1) is 22.8. The van der Waals surface area contributed by atoms with Crippen LogP contribution in [0.3, 0.4) is 0 Å². The molecule has 178 valence electrons. The number of ether oxygens (including phenoxy) is 1. The molecule has 0 aliphatic carbocycles. The smallest absolute Gasteiger partial charge is 0.356 e. The van der Waals surface area contributed by atoms with Crippen molar-refractivity contribution in [2.45, 2.75) is 19.9 Å². The first-order valence-corrected chi connectivity index (χ1v) is 11.5. The van der Waals surface area contributed by atoms with Gasteiger partial charge in [-0.1, -0.05) is 17.7 Å². The van der Waals surface area contributed by atoms with E-state index < -0.39 is 5.97 Å². The monoisotopic (exact) mass is 491 g/mol. The van der Waals surface area contributed by atoms with Gasteiger partial charge in [-0.15, -0.1) is 0 Å². The Bertz CT molecular complexity index is 1510. The topological polar surface area (TPSA) is 129 Å². The van der Waals surface area contributed by atoms with Crippen molar-refractivity contribution in [1.82, 2.24) is 19.4 Å². The summed E-state index contributed by atoms with van der Waals surface area (Å²) in [7, 11) is 0. The fourth-order valence-electron chi connectivity index (χ4n) is 4.37. The van der Waals surface area contributed by atoms with E-state index in [-0.39, 0.29) is 16.9 Å². The molecule has 1 fully saturated rings. The van der Waals surface area contributed by atoms with Gasteiger partial charge in [-0.2, -0.15) is 5.26 Å². The number of rotatable bonds is 5. The summed E-state index contributed by atoms with van der Waals surface area (Å²) in [5.74, 6) is -0.492. The van der Waals surface area contributed by atoms with Crippen LogP contribution in [0.25, 0.3) is 16.6 Å². The van der Waals surface area contributed by atoms with Gasteiger partial charge in [-0.3, -0.25) is 4.40 Å². The van der Waals surface area contributed by atoms with E-state index in [2.05, 4.69) is 26.3 Å². The predicted molar refractivity (Wildman–Crippen MR) is 131 cm³/mol. The number of aromatic carboxylic acids is 1. The minimum atomic E-state index is -1.17. The molecule has 0 spiro atoms. The summed E-state index contributed by atoms with van der Waals surface area (Å²) in [6.45, 7) is 6.41. The SMILES string of the molecule is Cc1cc([C@@H](C)Nc2ccc(Cl)nc2C(=O)O)c2nc(N3CCOCC3)n3cc(C#N)nc3c2c1. The van der Waals surface area contributed by atoms with E-state index in [4.69, 9.17) is 21.3 Å². The van der Waals surface area contributed by atoms with Crippen molar-refractivity contribution in [1.29, 1.82) is 5.26 Å². The Hall–Kier alpha value is -3.94. The highest BCUT2D eigenvalue weighted by atomic mass is 35.5. The molecule has 1 aliphatic rings. The standard InChI is InChI=1S/C24H22ClN7O3/c1-13-9-16(14(2)27-18-3-4-19(25)29-21(18)23(33)34)20-17(10-13)22-28-15(11-26)12-32(22)24(30-20)31-5-7-35-8-6-31/h3-4,9-10,12,14,27H,5-8H2,1-2H3,(H,33,34)/t14-/m1/s1. The van der Waals surface area contributed by atoms with Crippen LogP contribution in [-0.4, -0.2) is 56.7 Å². The summed E-state index contributed by atoms with van der Waals surface area (Å²) in [5, 5.41) is 23.3. The Morgan fingerprint density at radius 3 is 2.74 bits per heavy atom. The Balaban J connectivity index is 1.69. The maximum Gasteiger partial charge on any atom is 0.356 e. The van der Waals surface area contributed by atoms with Crippen LogP contribution in [0.2, 0.25) is 5.15 Å². The molecule has 5 rings (SSSR count).